The Kier molecular flexibility index (Phi) is 2.99. The smallest absolute Gasteiger partial charge is 0.324 e. The van der Waals surface area contributed by atoms with E-state index in [-0.39, 0.29) is 0 Å². The van der Waals surface area contributed by atoms with Gasteiger partial charge in [0.25, 0.3) is 0 Å². The van der Waals surface area contributed by atoms with E-state index in [0.29, 0.717) is 12.1 Å². The Morgan fingerprint density at radius 1 is 0.938 bits per heavy atom. The molecule has 0 aliphatic carbocycles. The van der Waals surface area contributed by atoms with Gasteiger partial charge in [-0.1, -0.05) is 0 Å². The van der Waals surface area contributed by atoms with Crippen LogP contribution < -0.4 is 11.3 Å². The van der Waals surface area contributed by atoms with E-state index in [4.69, 9.17) is 5.84 Å². The second-order valence-electron chi connectivity index (χ2n) is 2.77. The molecule has 90 valence electrons. The highest BCUT2D eigenvalue weighted by Gasteiger charge is 2.38. The zero-order chi connectivity index (χ0) is 12.6. The number of hydrogen-bond donors (Lipinski definition) is 2. The molecule has 0 spiro atoms. The Bertz CT molecular complexity index is 350. The van der Waals surface area contributed by atoms with Crippen molar-refractivity contribution < 1.29 is 26.3 Å². The molecule has 0 unspecified atom stereocenters. The zero-order valence-electron chi connectivity index (χ0n) is 7.45. The summed E-state index contributed by atoms with van der Waals surface area (Å²) in [5, 5.41) is 0. The SMILES string of the molecule is NNc1cc(C(F)(F)F)nc(C(F)(F)F)c1. The molecule has 0 radical (unpaired) electrons. The van der Waals surface area contributed by atoms with E-state index < -0.39 is 29.4 Å². The molecule has 0 atom stereocenters. The number of nitrogen functional groups attached to an aromatic ring is 1. The highest BCUT2D eigenvalue weighted by molar-refractivity contribution is 5.45. The molecule has 16 heavy (non-hydrogen) atoms. The standard InChI is InChI=1S/C7H5F6N3/c8-6(9,10)4-1-3(16-14)2-5(15-4)7(11,12)13/h1-2H,14H2,(H,15,16). The molecule has 0 bridgehead atoms. The molecule has 0 amide bonds. The van der Waals surface area contributed by atoms with Crippen LogP contribution in [0, 0.1) is 0 Å². The fraction of sp³-hybridized carbons (Fsp3) is 0.286. The third kappa shape index (κ3) is 2.75. The van der Waals surface area contributed by atoms with E-state index >= 15 is 0 Å². The maximum atomic E-state index is 12.2. The average Bonchev–Trinajstić information content (AvgIpc) is 2.14. The Hall–Kier alpha value is -1.51. The van der Waals surface area contributed by atoms with Crippen molar-refractivity contribution in [3.63, 3.8) is 0 Å². The number of rotatable bonds is 1. The van der Waals surface area contributed by atoms with Gasteiger partial charge in [-0.3, -0.25) is 5.84 Å². The van der Waals surface area contributed by atoms with E-state index in [1.165, 1.54) is 0 Å². The van der Waals surface area contributed by atoms with Gasteiger partial charge in [0, 0.05) is 0 Å². The highest BCUT2D eigenvalue weighted by atomic mass is 19.4. The summed E-state index contributed by atoms with van der Waals surface area (Å²) >= 11 is 0. The lowest BCUT2D eigenvalue weighted by Crippen LogP contribution is -2.17. The van der Waals surface area contributed by atoms with Crippen LogP contribution in [0.4, 0.5) is 32.0 Å². The van der Waals surface area contributed by atoms with Gasteiger partial charge >= 0.3 is 12.4 Å². The summed E-state index contributed by atoms with van der Waals surface area (Å²) in [6, 6.07) is 0.768. The number of hydrogen-bond acceptors (Lipinski definition) is 3. The first kappa shape index (κ1) is 12.6. The molecule has 3 N–H and O–H groups in total. The second-order valence-corrected chi connectivity index (χ2v) is 2.77. The van der Waals surface area contributed by atoms with Crippen molar-refractivity contribution in [1.82, 2.24) is 4.98 Å². The van der Waals surface area contributed by atoms with Gasteiger partial charge in [0.2, 0.25) is 0 Å². The summed E-state index contributed by atoms with van der Waals surface area (Å²) in [6.07, 6.45) is -9.93. The monoisotopic (exact) mass is 245 g/mol. The Balaban J connectivity index is 3.33. The number of nitrogens with one attached hydrogen (secondary N) is 1. The van der Waals surface area contributed by atoms with Crippen LogP contribution in [0.2, 0.25) is 0 Å². The molecule has 0 aromatic carbocycles. The van der Waals surface area contributed by atoms with Crippen molar-refractivity contribution in [2.45, 2.75) is 12.4 Å². The minimum Gasteiger partial charge on any atom is -0.324 e. The first-order chi connectivity index (χ1) is 7.14. The van der Waals surface area contributed by atoms with Crippen LogP contribution in [0.15, 0.2) is 12.1 Å². The maximum Gasteiger partial charge on any atom is 0.433 e. The molecule has 9 heteroatoms. The summed E-state index contributed by atoms with van der Waals surface area (Å²) in [4.78, 5) is 2.48. The molecular formula is C7H5F6N3. The minimum absolute atomic E-state index is 0.384. The molecule has 0 aliphatic rings. The first-order valence-corrected chi connectivity index (χ1v) is 3.77. The molecule has 1 aromatic rings. The van der Waals surface area contributed by atoms with Crippen LogP contribution in [0.25, 0.3) is 0 Å². The van der Waals surface area contributed by atoms with Gasteiger partial charge in [-0.2, -0.15) is 26.3 Å². The predicted octanol–water partition coefficient (Wildman–Crippen LogP) is 2.40. The Labute approximate surface area is 85.2 Å². The van der Waals surface area contributed by atoms with E-state index in [1.807, 2.05) is 0 Å². The van der Waals surface area contributed by atoms with E-state index in [1.54, 1.807) is 5.43 Å². The lowest BCUT2D eigenvalue weighted by atomic mass is 10.2. The largest absolute Gasteiger partial charge is 0.433 e. The van der Waals surface area contributed by atoms with Crippen LogP contribution in [-0.2, 0) is 12.4 Å². The lowest BCUT2D eigenvalue weighted by molar-refractivity contribution is -0.150. The quantitative estimate of drug-likeness (QED) is 0.453. The number of alkyl halides is 6. The van der Waals surface area contributed by atoms with Gasteiger partial charge in [0.15, 0.2) is 0 Å². The topological polar surface area (TPSA) is 50.9 Å². The van der Waals surface area contributed by atoms with Gasteiger partial charge in [0.1, 0.15) is 11.4 Å². The first-order valence-electron chi connectivity index (χ1n) is 3.77. The number of pyridine rings is 1. The molecule has 1 rings (SSSR count). The average molecular weight is 245 g/mol. The number of aromatic nitrogens is 1. The Morgan fingerprint density at radius 3 is 1.56 bits per heavy atom. The molecular weight excluding hydrogens is 240 g/mol. The molecule has 0 saturated carbocycles. The van der Waals surface area contributed by atoms with Crippen molar-refractivity contribution in [2.75, 3.05) is 5.43 Å². The van der Waals surface area contributed by atoms with Gasteiger partial charge in [0.05, 0.1) is 5.69 Å². The van der Waals surface area contributed by atoms with Crippen LogP contribution in [0.3, 0.4) is 0 Å². The van der Waals surface area contributed by atoms with Crippen molar-refractivity contribution in [3.8, 4) is 0 Å². The predicted molar refractivity (Wildman–Crippen MR) is 42.1 cm³/mol. The number of anilines is 1. The molecule has 0 saturated heterocycles. The molecule has 3 nitrogen and oxygen atoms in total. The van der Waals surface area contributed by atoms with Gasteiger partial charge in [-0.25, -0.2) is 4.98 Å². The van der Waals surface area contributed by atoms with Crippen molar-refractivity contribution >= 4 is 5.69 Å². The Morgan fingerprint density at radius 2 is 1.31 bits per heavy atom. The normalized spacial score (nSPS) is 12.7. The van der Waals surface area contributed by atoms with Crippen molar-refractivity contribution in [2.24, 2.45) is 5.84 Å². The molecule has 0 aliphatic heterocycles. The summed E-state index contributed by atoms with van der Waals surface area (Å²) < 4.78 is 73.0. The highest BCUT2D eigenvalue weighted by Crippen LogP contribution is 2.34. The van der Waals surface area contributed by atoms with Crippen LogP contribution in [0.1, 0.15) is 11.4 Å². The molecule has 1 aromatic heterocycles. The zero-order valence-corrected chi connectivity index (χ0v) is 7.45. The van der Waals surface area contributed by atoms with Crippen molar-refractivity contribution in [3.05, 3.63) is 23.5 Å². The number of hydrazine groups is 1. The number of nitrogens with zero attached hydrogens (tertiary/aromatic N) is 1. The van der Waals surface area contributed by atoms with E-state index in [0.717, 1.165) is 0 Å². The minimum atomic E-state index is -4.97. The lowest BCUT2D eigenvalue weighted by Gasteiger charge is -2.12. The summed E-state index contributed by atoms with van der Waals surface area (Å²) in [7, 11) is 0. The maximum absolute atomic E-state index is 12.2. The van der Waals surface area contributed by atoms with Gasteiger partial charge in [-0.15, -0.1) is 0 Å². The third-order valence-electron chi connectivity index (χ3n) is 1.57. The van der Waals surface area contributed by atoms with E-state index in [9.17, 15) is 26.3 Å². The number of nitrogens with two attached hydrogens (primary N) is 1. The fourth-order valence-corrected chi connectivity index (χ4v) is 0.904. The molecule has 0 fully saturated rings. The summed E-state index contributed by atoms with van der Waals surface area (Å²) in [6.45, 7) is 0. The third-order valence-corrected chi connectivity index (χ3v) is 1.57. The van der Waals surface area contributed by atoms with Crippen LogP contribution in [-0.4, -0.2) is 4.98 Å². The van der Waals surface area contributed by atoms with Crippen LogP contribution in [0.5, 0.6) is 0 Å². The van der Waals surface area contributed by atoms with Crippen molar-refractivity contribution in [1.29, 1.82) is 0 Å². The summed E-state index contributed by atoms with van der Waals surface area (Å²) in [5.74, 6) is 4.76. The van der Waals surface area contributed by atoms with Crippen LogP contribution >= 0.6 is 0 Å². The second kappa shape index (κ2) is 3.81. The molecule has 1 heterocycles. The van der Waals surface area contributed by atoms with E-state index in [2.05, 4.69) is 4.98 Å². The van der Waals surface area contributed by atoms with Gasteiger partial charge in [-0.05, 0) is 12.1 Å². The number of halogens is 6. The summed E-state index contributed by atoms with van der Waals surface area (Å²) in [5.41, 5.74) is -2.12. The van der Waals surface area contributed by atoms with Gasteiger partial charge < -0.3 is 5.43 Å². The fourth-order valence-electron chi connectivity index (χ4n) is 0.904.